The van der Waals surface area contributed by atoms with Crippen molar-refractivity contribution in [2.45, 2.75) is 50.1 Å². The predicted octanol–water partition coefficient (Wildman–Crippen LogP) is 1.37. The van der Waals surface area contributed by atoms with Crippen molar-refractivity contribution in [2.24, 2.45) is 5.92 Å². The molecule has 0 aromatic carbocycles. The third-order valence-electron chi connectivity index (χ3n) is 4.62. The first-order chi connectivity index (χ1) is 9.93. The second-order valence-electron chi connectivity index (χ2n) is 5.85. The molecule has 2 heterocycles. The summed E-state index contributed by atoms with van der Waals surface area (Å²) in [5.41, 5.74) is 0.0242. The lowest BCUT2D eigenvalue weighted by Gasteiger charge is -2.36. The molecule has 0 radical (unpaired) electrons. The number of aromatic carboxylic acids is 1. The molecule has 1 saturated carbocycles. The fourth-order valence-corrected chi connectivity index (χ4v) is 5.55. The van der Waals surface area contributed by atoms with Gasteiger partial charge in [-0.15, -0.1) is 0 Å². The Kier molecular flexibility index (Phi) is 3.53. The molecule has 2 aliphatic rings. The van der Waals surface area contributed by atoms with E-state index in [1.54, 1.807) is 0 Å². The van der Waals surface area contributed by atoms with Crippen LogP contribution < -0.4 is 0 Å². The zero-order chi connectivity index (χ0) is 15.2. The molecule has 1 aromatic heterocycles. The van der Waals surface area contributed by atoms with E-state index in [4.69, 9.17) is 0 Å². The monoisotopic (exact) mass is 313 g/mol. The van der Waals surface area contributed by atoms with Gasteiger partial charge in [0.2, 0.25) is 5.03 Å². The van der Waals surface area contributed by atoms with Gasteiger partial charge in [-0.1, -0.05) is 6.42 Å². The number of carboxylic acid groups (broad SMARTS) is 1. The number of aryl methyl sites for hydroxylation is 1. The van der Waals surface area contributed by atoms with Gasteiger partial charge in [0.05, 0.1) is 0 Å². The van der Waals surface area contributed by atoms with Crippen molar-refractivity contribution in [3.05, 3.63) is 11.3 Å². The molecule has 7 nitrogen and oxygen atoms in total. The molecule has 2 fully saturated rings. The van der Waals surface area contributed by atoms with E-state index in [0.717, 1.165) is 32.1 Å². The Balaban J connectivity index is 2.02. The van der Waals surface area contributed by atoms with Gasteiger partial charge in [0.1, 0.15) is 5.56 Å². The Morgan fingerprint density at radius 2 is 2.05 bits per heavy atom. The number of aromatic amines is 1. The van der Waals surface area contributed by atoms with E-state index in [-0.39, 0.29) is 22.3 Å². The third kappa shape index (κ3) is 2.26. The first kappa shape index (κ1) is 14.5. The van der Waals surface area contributed by atoms with Crippen LogP contribution in [0.3, 0.4) is 0 Å². The number of rotatable bonds is 3. The van der Waals surface area contributed by atoms with E-state index in [2.05, 4.69) is 10.2 Å². The molecule has 8 heteroatoms. The van der Waals surface area contributed by atoms with Gasteiger partial charge in [-0.05, 0) is 38.5 Å². The molecule has 0 spiro atoms. The molecule has 0 bridgehead atoms. The molecule has 21 heavy (non-hydrogen) atoms. The summed E-state index contributed by atoms with van der Waals surface area (Å²) >= 11 is 0. The molecule has 1 aromatic rings. The number of nitrogens with one attached hydrogen (secondary N) is 1. The third-order valence-corrected chi connectivity index (χ3v) is 6.48. The molecule has 0 amide bonds. The average Bonchev–Trinajstić information content (AvgIpc) is 3.03. The van der Waals surface area contributed by atoms with Crippen LogP contribution in [-0.4, -0.2) is 46.6 Å². The normalized spacial score (nSPS) is 26.7. The molecule has 2 unspecified atom stereocenters. The molecule has 2 N–H and O–H groups in total. The van der Waals surface area contributed by atoms with Crippen LogP contribution in [0.15, 0.2) is 5.03 Å². The number of sulfonamides is 1. The standard InChI is InChI=1S/C13H19N3O4S/c1-8-11(13(17)18)12(15-14-8)21(19,20)16-7-3-5-9-4-2-6-10(9)16/h9-10H,2-7H2,1H3,(H,14,15)(H,17,18). The van der Waals surface area contributed by atoms with Gasteiger partial charge in [0.15, 0.2) is 0 Å². The van der Waals surface area contributed by atoms with Crippen LogP contribution in [0.2, 0.25) is 0 Å². The molecule has 1 aliphatic heterocycles. The van der Waals surface area contributed by atoms with Gasteiger partial charge in [0.25, 0.3) is 10.0 Å². The van der Waals surface area contributed by atoms with Crippen molar-refractivity contribution in [1.29, 1.82) is 0 Å². The summed E-state index contributed by atoms with van der Waals surface area (Å²) in [5.74, 6) is -0.860. The first-order valence-electron chi connectivity index (χ1n) is 7.23. The number of hydrogen-bond donors (Lipinski definition) is 2. The zero-order valence-electron chi connectivity index (χ0n) is 11.9. The van der Waals surface area contributed by atoms with Gasteiger partial charge in [-0.25, -0.2) is 13.2 Å². The topological polar surface area (TPSA) is 103 Å². The fraction of sp³-hybridized carbons (Fsp3) is 0.692. The van der Waals surface area contributed by atoms with E-state index in [0.29, 0.717) is 12.5 Å². The van der Waals surface area contributed by atoms with E-state index >= 15 is 0 Å². The van der Waals surface area contributed by atoms with Crippen molar-refractivity contribution in [2.75, 3.05) is 6.54 Å². The quantitative estimate of drug-likeness (QED) is 0.877. The Morgan fingerprint density at radius 1 is 1.33 bits per heavy atom. The summed E-state index contributed by atoms with van der Waals surface area (Å²) in [6.07, 6.45) is 4.83. The number of carboxylic acids is 1. The summed E-state index contributed by atoms with van der Waals surface area (Å²) in [7, 11) is -3.86. The number of nitrogens with zero attached hydrogens (tertiary/aromatic N) is 2. The highest BCUT2D eigenvalue weighted by Gasteiger charge is 2.43. The van der Waals surface area contributed by atoms with Crippen molar-refractivity contribution in [3.63, 3.8) is 0 Å². The smallest absolute Gasteiger partial charge is 0.340 e. The van der Waals surface area contributed by atoms with Crippen molar-refractivity contribution in [3.8, 4) is 0 Å². The van der Waals surface area contributed by atoms with Crippen LogP contribution in [0.4, 0.5) is 0 Å². The summed E-state index contributed by atoms with van der Waals surface area (Å²) < 4.78 is 27.2. The highest BCUT2D eigenvalue weighted by atomic mass is 32.2. The molecule has 2 atom stereocenters. The average molecular weight is 313 g/mol. The number of carbonyl (C=O) groups is 1. The second kappa shape index (κ2) is 5.10. The summed E-state index contributed by atoms with van der Waals surface area (Å²) in [5, 5.41) is 15.1. The molecule has 116 valence electrons. The lowest BCUT2D eigenvalue weighted by Crippen LogP contribution is -2.46. The van der Waals surface area contributed by atoms with Crippen LogP contribution in [0, 0.1) is 12.8 Å². The number of aromatic nitrogens is 2. The Morgan fingerprint density at radius 3 is 2.76 bits per heavy atom. The van der Waals surface area contributed by atoms with Crippen LogP contribution in [-0.2, 0) is 10.0 Å². The Hall–Kier alpha value is -1.41. The van der Waals surface area contributed by atoms with Gasteiger partial charge >= 0.3 is 5.97 Å². The number of piperidine rings is 1. The minimum absolute atomic E-state index is 0.00222. The van der Waals surface area contributed by atoms with Gasteiger partial charge < -0.3 is 5.11 Å². The van der Waals surface area contributed by atoms with Crippen LogP contribution in [0.1, 0.15) is 48.2 Å². The molecule has 1 saturated heterocycles. The largest absolute Gasteiger partial charge is 0.478 e. The maximum absolute atomic E-state index is 12.8. The molecule has 3 rings (SSSR count). The SMILES string of the molecule is Cc1[nH]nc(S(=O)(=O)N2CCCC3CCCC32)c1C(=O)O. The highest BCUT2D eigenvalue weighted by molar-refractivity contribution is 7.89. The first-order valence-corrected chi connectivity index (χ1v) is 8.67. The van der Waals surface area contributed by atoms with Crippen LogP contribution >= 0.6 is 0 Å². The van der Waals surface area contributed by atoms with Crippen LogP contribution in [0.25, 0.3) is 0 Å². The molecular weight excluding hydrogens is 294 g/mol. The molecular formula is C13H19N3O4S. The van der Waals surface area contributed by atoms with E-state index in [9.17, 15) is 18.3 Å². The highest BCUT2D eigenvalue weighted by Crippen LogP contribution is 2.39. The van der Waals surface area contributed by atoms with Crippen molar-refractivity contribution >= 4 is 16.0 Å². The molecule has 1 aliphatic carbocycles. The number of fused-ring (bicyclic) bond motifs is 1. The fourth-order valence-electron chi connectivity index (χ4n) is 3.66. The summed E-state index contributed by atoms with van der Waals surface area (Å²) in [6, 6.07) is 0.00222. The lowest BCUT2D eigenvalue weighted by molar-refractivity contribution is 0.0691. The Bertz CT molecular complexity index is 667. The van der Waals surface area contributed by atoms with E-state index < -0.39 is 16.0 Å². The Labute approximate surface area is 123 Å². The maximum Gasteiger partial charge on any atom is 0.340 e. The summed E-state index contributed by atoms with van der Waals surface area (Å²) in [4.78, 5) is 11.3. The van der Waals surface area contributed by atoms with Gasteiger partial charge in [-0.3, -0.25) is 5.10 Å². The van der Waals surface area contributed by atoms with Crippen molar-refractivity contribution in [1.82, 2.24) is 14.5 Å². The number of hydrogen-bond acceptors (Lipinski definition) is 4. The predicted molar refractivity (Wildman–Crippen MR) is 74.5 cm³/mol. The zero-order valence-corrected chi connectivity index (χ0v) is 12.7. The van der Waals surface area contributed by atoms with Crippen molar-refractivity contribution < 1.29 is 18.3 Å². The summed E-state index contributed by atoms with van der Waals surface area (Å²) in [6.45, 7) is 1.97. The van der Waals surface area contributed by atoms with Gasteiger partial charge in [-0.2, -0.15) is 9.40 Å². The van der Waals surface area contributed by atoms with E-state index in [1.807, 2.05) is 0 Å². The lowest BCUT2D eigenvalue weighted by atomic mass is 9.94. The van der Waals surface area contributed by atoms with E-state index in [1.165, 1.54) is 11.2 Å². The van der Waals surface area contributed by atoms with Crippen LogP contribution in [0.5, 0.6) is 0 Å². The minimum atomic E-state index is -3.86. The second-order valence-corrected chi connectivity index (χ2v) is 7.66. The van der Waals surface area contributed by atoms with Gasteiger partial charge in [0, 0.05) is 18.3 Å². The minimum Gasteiger partial charge on any atom is -0.478 e. The number of H-pyrrole nitrogens is 1. The maximum atomic E-state index is 12.8.